The van der Waals surface area contributed by atoms with E-state index in [1.54, 1.807) is 13.8 Å². The lowest BCUT2D eigenvalue weighted by Gasteiger charge is -2.28. The first-order valence-electron chi connectivity index (χ1n) is 4.24. The Morgan fingerprint density at radius 2 is 2.00 bits per heavy atom. The summed E-state index contributed by atoms with van der Waals surface area (Å²) >= 11 is 0. The van der Waals surface area contributed by atoms with Crippen molar-refractivity contribution in [2.45, 2.75) is 38.7 Å². The highest BCUT2D eigenvalue weighted by Gasteiger charge is 2.31. The van der Waals surface area contributed by atoms with Gasteiger partial charge in [-0.2, -0.15) is 0 Å². The molecule has 1 aliphatic carbocycles. The van der Waals surface area contributed by atoms with Gasteiger partial charge in [-0.05, 0) is 13.8 Å². The van der Waals surface area contributed by atoms with E-state index in [0.717, 1.165) is 0 Å². The minimum atomic E-state index is -1.09. The Balaban J connectivity index is 2.53. The topological polar surface area (TPSA) is 55.5 Å². The average molecular weight is 171 g/mol. The van der Waals surface area contributed by atoms with E-state index in [0.29, 0.717) is 0 Å². The lowest BCUT2D eigenvalue weighted by Crippen LogP contribution is -2.41. The van der Waals surface area contributed by atoms with Crippen LogP contribution in [-0.2, 0) is 4.74 Å². The summed E-state index contributed by atoms with van der Waals surface area (Å²) in [4.78, 5) is 0. The molecule has 0 saturated carbocycles. The zero-order valence-corrected chi connectivity index (χ0v) is 7.82. The van der Waals surface area contributed by atoms with E-state index in [4.69, 9.17) is 10.5 Å². The molecule has 70 valence electrons. The molecule has 0 heterocycles. The molecule has 0 bridgehead atoms. The Bertz CT molecular complexity index is 171. The third kappa shape index (κ3) is 2.30. The van der Waals surface area contributed by atoms with Crippen LogP contribution >= 0.6 is 0 Å². The van der Waals surface area contributed by atoms with Crippen molar-refractivity contribution in [3.8, 4) is 0 Å². The summed E-state index contributed by atoms with van der Waals surface area (Å²) in [7, 11) is 0. The minimum absolute atomic E-state index is 0.0913. The summed E-state index contributed by atoms with van der Waals surface area (Å²) in [5, 5.41) is 9.41. The van der Waals surface area contributed by atoms with Gasteiger partial charge in [-0.1, -0.05) is 19.1 Å². The van der Waals surface area contributed by atoms with Gasteiger partial charge in [0.15, 0.2) is 5.79 Å². The molecule has 0 saturated heterocycles. The van der Waals surface area contributed by atoms with Gasteiger partial charge in [-0.25, -0.2) is 0 Å². The van der Waals surface area contributed by atoms with E-state index in [2.05, 4.69) is 0 Å². The highest BCUT2D eigenvalue weighted by molar-refractivity contribution is 5.09. The molecule has 3 N–H and O–H groups in total. The summed E-state index contributed by atoms with van der Waals surface area (Å²) in [6.45, 7) is 5.26. The van der Waals surface area contributed by atoms with E-state index in [1.807, 2.05) is 19.1 Å². The Labute approximate surface area is 73.2 Å². The number of hydrogen-bond acceptors (Lipinski definition) is 3. The van der Waals surface area contributed by atoms with Crippen LogP contribution in [0.1, 0.15) is 20.8 Å². The van der Waals surface area contributed by atoms with E-state index in [1.165, 1.54) is 0 Å². The molecular formula is C9H17NO2. The number of nitrogens with two attached hydrogens (primary N) is 1. The number of hydrogen-bond donors (Lipinski definition) is 2. The maximum absolute atomic E-state index is 9.41. The van der Waals surface area contributed by atoms with Gasteiger partial charge in [0, 0.05) is 12.0 Å². The molecule has 1 rings (SSSR count). The minimum Gasteiger partial charge on any atom is -0.366 e. The fourth-order valence-corrected chi connectivity index (χ4v) is 1.39. The second kappa shape index (κ2) is 3.17. The van der Waals surface area contributed by atoms with Gasteiger partial charge < -0.3 is 15.6 Å². The van der Waals surface area contributed by atoms with Crippen molar-refractivity contribution >= 4 is 0 Å². The third-order valence-electron chi connectivity index (χ3n) is 1.96. The fourth-order valence-electron chi connectivity index (χ4n) is 1.39. The Hall–Kier alpha value is -0.380. The number of aliphatic hydroxyl groups is 1. The molecule has 0 aromatic heterocycles. The SMILES string of the molecule is C[C@@H]1C=C[C@@H](N)[C@@H]1OC(C)(C)O. The van der Waals surface area contributed by atoms with Crippen LogP contribution < -0.4 is 5.73 Å². The van der Waals surface area contributed by atoms with Gasteiger partial charge in [-0.3, -0.25) is 0 Å². The summed E-state index contributed by atoms with van der Waals surface area (Å²) in [6, 6.07) is -0.0913. The van der Waals surface area contributed by atoms with Gasteiger partial charge in [0.1, 0.15) is 0 Å². The second-order valence-electron chi connectivity index (χ2n) is 3.85. The van der Waals surface area contributed by atoms with Crippen LogP contribution in [-0.4, -0.2) is 23.0 Å². The smallest absolute Gasteiger partial charge is 0.160 e. The van der Waals surface area contributed by atoms with Crippen molar-refractivity contribution in [3.63, 3.8) is 0 Å². The molecule has 0 fully saturated rings. The Kier molecular flexibility index (Phi) is 2.56. The van der Waals surface area contributed by atoms with Crippen LogP contribution in [0.2, 0.25) is 0 Å². The molecular weight excluding hydrogens is 154 g/mol. The molecule has 1 aliphatic rings. The first-order valence-corrected chi connectivity index (χ1v) is 4.24. The fraction of sp³-hybridized carbons (Fsp3) is 0.778. The van der Waals surface area contributed by atoms with Crippen LogP contribution in [0.3, 0.4) is 0 Å². The molecule has 0 aromatic rings. The van der Waals surface area contributed by atoms with Crippen LogP contribution in [0.4, 0.5) is 0 Å². The second-order valence-corrected chi connectivity index (χ2v) is 3.85. The van der Waals surface area contributed by atoms with Crippen LogP contribution in [0.25, 0.3) is 0 Å². The van der Waals surface area contributed by atoms with Gasteiger partial charge in [0.2, 0.25) is 0 Å². The first-order chi connectivity index (χ1) is 5.40. The van der Waals surface area contributed by atoms with Crippen molar-refractivity contribution in [3.05, 3.63) is 12.2 Å². The summed E-state index contributed by atoms with van der Waals surface area (Å²) in [6.07, 6.45) is 3.84. The van der Waals surface area contributed by atoms with Crippen LogP contribution in [0.5, 0.6) is 0 Å². The summed E-state index contributed by atoms with van der Waals surface area (Å²) in [5.74, 6) is -0.811. The van der Waals surface area contributed by atoms with Crippen molar-refractivity contribution < 1.29 is 9.84 Å². The van der Waals surface area contributed by atoms with Crippen LogP contribution in [0.15, 0.2) is 12.2 Å². The summed E-state index contributed by atoms with van der Waals surface area (Å²) < 4.78 is 5.39. The lowest BCUT2D eigenvalue weighted by molar-refractivity contribution is -0.212. The van der Waals surface area contributed by atoms with Crippen molar-refractivity contribution in [1.82, 2.24) is 0 Å². The normalized spacial score (nSPS) is 35.9. The molecule has 3 heteroatoms. The Morgan fingerprint density at radius 3 is 2.33 bits per heavy atom. The largest absolute Gasteiger partial charge is 0.366 e. The maximum atomic E-state index is 9.41. The zero-order valence-electron chi connectivity index (χ0n) is 7.82. The molecule has 0 amide bonds. The molecule has 0 spiro atoms. The molecule has 0 aromatic carbocycles. The predicted octanol–water partition coefficient (Wildman–Crippen LogP) is 0.633. The quantitative estimate of drug-likeness (QED) is 0.473. The van der Waals surface area contributed by atoms with Gasteiger partial charge in [-0.15, -0.1) is 0 Å². The van der Waals surface area contributed by atoms with E-state index in [-0.39, 0.29) is 18.1 Å². The van der Waals surface area contributed by atoms with E-state index >= 15 is 0 Å². The van der Waals surface area contributed by atoms with Gasteiger partial charge in [0.25, 0.3) is 0 Å². The average Bonchev–Trinajstić information content (AvgIpc) is 2.16. The lowest BCUT2D eigenvalue weighted by atomic mass is 10.1. The highest BCUT2D eigenvalue weighted by Crippen LogP contribution is 2.23. The number of ether oxygens (including phenoxy) is 1. The van der Waals surface area contributed by atoms with Crippen LogP contribution in [0, 0.1) is 5.92 Å². The molecule has 12 heavy (non-hydrogen) atoms. The van der Waals surface area contributed by atoms with Crippen molar-refractivity contribution in [2.75, 3.05) is 0 Å². The molecule has 3 atom stereocenters. The molecule has 0 aliphatic heterocycles. The van der Waals surface area contributed by atoms with Gasteiger partial charge >= 0.3 is 0 Å². The molecule has 0 radical (unpaired) electrons. The standard InChI is InChI=1S/C9H17NO2/c1-6-4-5-7(10)8(6)12-9(2,3)11/h4-8,11H,10H2,1-3H3/t6-,7-,8-/m1/s1. The zero-order chi connectivity index (χ0) is 9.35. The first kappa shape index (κ1) is 9.71. The van der Waals surface area contributed by atoms with Gasteiger partial charge in [0.05, 0.1) is 6.10 Å². The van der Waals surface area contributed by atoms with Crippen molar-refractivity contribution in [1.29, 1.82) is 0 Å². The maximum Gasteiger partial charge on any atom is 0.160 e. The van der Waals surface area contributed by atoms with E-state index < -0.39 is 5.79 Å². The molecule has 0 unspecified atom stereocenters. The van der Waals surface area contributed by atoms with E-state index in [9.17, 15) is 5.11 Å². The monoisotopic (exact) mass is 171 g/mol. The van der Waals surface area contributed by atoms with Crippen molar-refractivity contribution in [2.24, 2.45) is 11.7 Å². The third-order valence-corrected chi connectivity index (χ3v) is 1.96. The molecule has 3 nitrogen and oxygen atoms in total. The predicted molar refractivity (Wildman–Crippen MR) is 47.5 cm³/mol. The summed E-state index contributed by atoms with van der Waals surface area (Å²) in [5.41, 5.74) is 5.75. The highest BCUT2D eigenvalue weighted by atomic mass is 16.6. The Morgan fingerprint density at radius 1 is 1.42 bits per heavy atom. The number of rotatable bonds is 2.